The van der Waals surface area contributed by atoms with Crippen LogP contribution in [-0.4, -0.2) is 22.2 Å². The van der Waals surface area contributed by atoms with Gasteiger partial charge in [-0.3, -0.25) is 0 Å². The largest absolute Gasteiger partial charge is 0.504 e. The minimum Gasteiger partial charge on any atom is -0.504 e. The van der Waals surface area contributed by atoms with Crippen LogP contribution < -0.4 is 10.5 Å². The summed E-state index contributed by atoms with van der Waals surface area (Å²) in [5.74, 6) is 1.39. The van der Waals surface area contributed by atoms with Crippen LogP contribution in [-0.2, 0) is 0 Å². The van der Waals surface area contributed by atoms with Gasteiger partial charge in [0.25, 0.3) is 0 Å². The van der Waals surface area contributed by atoms with E-state index in [1.165, 1.54) is 13.2 Å². The number of aromatic hydroxyl groups is 1. The van der Waals surface area contributed by atoms with Gasteiger partial charge in [0.2, 0.25) is 0 Å². The number of anilines is 1. The van der Waals surface area contributed by atoms with Crippen molar-refractivity contribution in [2.24, 2.45) is 0 Å². The molecule has 0 bridgehead atoms. The van der Waals surface area contributed by atoms with Gasteiger partial charge in [-0.15, -0.1) is 0 Å². The summed E-state index contributed by atoms with van der Waals surface area (Å²) in [4.78, 5) is 8.35. The fraction of sp³-hybridized carbons (Fsp3) is 0.0909. The number of methoxy groups -OCH3 is 1. The van der Waals surface area contributed by atoms with E-state index < -0.39 is 0 Å². The number of nitrogen functional groups attached to an aromatic ring is 1. The summed E-state index contributed by atoms with van der Waals surface area (Å²) in [6.07, 6.45) is 1.65. The van der Waals surface area contributed by atoms with E-state index in [9.17, 15) is 5.11 Å². The minimum atomic E-state index is 0.0785. The van der Waals surface area contributed by atoms with E-state index in [1.807, 2.05) is 0 Å². The van der Waals surface area contributed by atoms with Crippen molar-refractivity contribution in [3.05, 3.63) is 28.0 Å². The van der Waals surface area contributed by atoms with Crippen LogP contribution >= 0.6 is 22.6 Å². The highest BCUT2D eigenvalue weighted by molar-refractivity contribution is 14.1. The molecule has 0 spiro atoms. The maximum atomic E-state index is 9.49. The van der Waals surface area contributed by atoms with Gasteiger partial charge in [-0.1, -0.05) is 0 Å². The summed E-state index contributed by atoms with van der Waals surface area (Å²) >= 11 is 2.07. The Bertz CT molecular complexity index is 560. The van der Waals surface area contributed by atoms with Crippen molar-refractivity contribution in [2.75, 3.05) is 12.8 Å². The molecule has 5 nitrogen and oxygen atoms in total. The minimum absolute atomic E-state index is 0.0785. The lowest BCUT2D eigenvalue weighted by Crippen LogP contribution is -1.98. The molecule has 0 radical (unpaired) electrons. The fourth-order valence-electron chi connectivity index (χ4n) is 1.34. The molecule has 0 aliphatic carbocycles. The molecule has 0 aliphatic heterocycles. The second-order valence-corrected chi connectivity index (χ2v) is 4.48. The Kier molecular flexibility index (Phi) is 3.32. The van der Waals surface area contributed by atoms with Gasteiger partial charge in [-0.05, 0) is 40.8 Å². The highest BCUT2D eigenvalue weighted by Gasteiger charge is 2.08. The number of phenols is 1. The van der Waals surface area contributed by atoms with Gasteiger partial charge >= 0.3 is 0 Å². The lowest BCUT2D eigenvalue weighted by atomic mass is 10.2. The van der Waals surface area contributed by atoms with Crippen LogP contribution in [0.1, 0.15) is 0 Å². The second-order valence-electron chi connectivity index (χ2n) is 3.31. The molecule has 2 aromatic rings. The van der Waals surface area contributed by atoms with Crippen molar-refractivity contribution in [3.8, 4) is 22.9 Å². The molecule has 0 atom stereocenters. The number of rotatable bonds is 2. The fourth-order valence-corrected chi connectivity index (χ4v) is 1.60. The molecule has 0 unspecified atom stereocenters. The van der Waals surface area contributed by atoms with Crippen molar-refractivity contribution < 1.29 is 9.84 Å². The molecule has 2 rings (SSSR count). The first-order valence-corrected chi connectivity index (χ1v) is 5.85. The number of aromatic nitrogens is 2. The molecule has 0 aliphatic rings. The second kappa shape index (κ2) is 4.74. The SMILES string of the molecule is COc1cc(-c2ncc(I)c(N)n2)ccc1O. The molecule has 1 heterocycles. The maximum Gasteiger partial charge on any atom is 0.161 e. The summed E-state index contributed by atoms with van der Waals surface area (Å²) in [7, 11) is 1.49. The molecule has 17 heavy (non-hydrogen) atoms. The number of benzene rings is 1. The van der Waals surface area contributed by atoms with E-state index in [-0.39, 0.29) is 5.75 Å². The first-order valence-electron chi connectivity index (χ1n) is 4.77. The third-order valence-corrected chi connectivity index (χ3v) is 3.04. The van der Waals surface area contributed by atoms with E-state index in [0.29, 0.717) is 17.4 Å². The summed E-state index contributed by atoms with van der Waals surface area (Å²) in [5.41, 5.74) is 6.46. The van der Waals surface area contributed by atoms with Crippen molar-refractivity contribution in [3.63, 3.8) is 0 Å². The van der Waals surface area contributed by atoms with Crippen LogP contribution in [0.2, 0.25) is 0 Å². The zero-order valence-electron chi connectivity index (χ0n) is 9.01. The summed E-state index contributed by atoms with van der Waals surface area (Å²) in [6.45, 7) is 0. The molecule has 6 heteroatoms. The number of hydrogen-bond donors (Lipinski definition) is 2. The van der Waals surface area contributed by atoms with Crippen molar-refractivity contribution in [1.82, 2.24) is 9.97 Å². The van der Waals surface area contributed by atoms with Crippen LogP contribution in [0, 0.1) is 3.57 Å². The zero-order valence-corrected chi connectivity index (χ0v) is 11.2. The number of phenolic OH excluding ortho intramolecular Hbond substituents is 1. The first kappa shape index (κ1) is 11.9. The molecular formula is C11H10IN3O2. The number of nitrogens with zero attached hydrogens (tertiary/aromatic N) is 2. The number of halogens is 1. The Hall–Kier alpha value is -1.57. The zero-order chi connectivity index (χ0) is 12.4. The third kappa shape index (κ3) is 2.41. The van der Waals surface area contributed by atoms with E-state index >= 15 is 0 Å². The molecule has 0 saturated carbocycles. The standard InChI is InChI=1S/C11H10IN3O2/c1-17-9-4-6(2-3-8(9)16)11-14-5-7(12)10(13)15-11/h2-5,16H,1H3,(H2,13,14,15). The normalized spacial score (nSPS) is 10.2. The van der Waals surface area contributed by atoms with E-state index in [1.54, 1.807) is 18.3 Å². The van der Waals surface area contributed by atoms with Gasteiger partial charge < -0.3 is 15.6 Å². The summed E-state index contributed by atoms with van der Waals surface area (Å²) < 4.78 is 5.83. The lowest BCUT2D eigenvalue weighted by molar-refractivity contribution is 0.373. The molecule has 0 saturated heterocycles. The lowest BCUT2D eigenvalue weighted by Gasteiger charge is -2.06. The number of nitrogens with two attached hydrogens (primary N) is 1. The van der Waals surface area contributed by atoms with Gasteiger partial charge in [0.05, 0.1) is 10.7 Å². The van der Waals surface area contributed by atoms with Crippen molar-refractivity contribution >= 4 is 28.4 Å². The Morgan fingerprint density at radius 3 is 2.82 bits per heavy atom. The van der Waals surface area contributed by atoms with Crippen molar-refractivity contribution in [1.29, 1.82) is 0 Å². The molecule has 0 fully saturated rings. The molecular weight excluding hydrogens is 333 g/mol. The van der Waals surface area contributed by atoms with E-state index in [0.717, 1.165) is 9.13 Å². The average Bonchev–Trinajstić information content (AvgIpc) is 2.33. The maximum absolute atomic E-state index is 9.49. The molecule has 3 N–H and O–H groups in total. The van der Waals surface area contributed by atoms with Crippen LogP contribution in [0.25, 0.3) is 11.4 Å². The molecule has 88 valence electrons. The Morgan fingerprint density at radius 1 is 1.41 bits per heavy atom. The first-order chi connectivity index (χ1) is 8.11. The Balaban J connectivity index is 2.49. The van der Waals surface area contributed by atoms with Gasteiger partial charge in [0.15, 0.2) is 17.3 Å². The Labute approximate surface area is 112 Å². The van der Waals surface area contributed by atoms with E-state index in [2.05, 4.69) is 32.6 Å². The predicted molar refractivity (Wildman–Crippen MR) is 72.8 cm³/mol. The summed E-state index contributed by atoms with van der Waals surface area (Å²) in [6, 6.07) is 4.90. The monoisotopic (exact) mass is 343 g/mol. The van der Waals surface area contributed by atoms with Crippen LogP contribution in [0.15, 0.2) is 24.4 Å². The van der Waals surface area contributed by atoms with Gasteiger partial charge in [-0.2, -0.15) is 0 Å². The quantitative estimate of drug-likeness (QED) is 0.816. The highest BCUT2D eigenvalue weighted by Crippen LogP contribution is 2.30. The molecule has 1 aromatic heterocycles. The van der Waals surface area contributed by atoms with E-state index in [4.69, 9.17) is 10.5 Å². The smallest absolute Gasteiger partial charge is 0.161 e. The van der Waals surface area contributed by atoms with Gasteiger partial charge in [0, 0.05) is 11.8 Å². The van der Waals surface area contributed by atoms with Crippen molar-refractivity contribution in [2.45, 2.75) is 0 Å². The topological polar surface area (TPSA) is 81.3 Å². The molecule has 0 amide bonds. The van der Waals surface area contributed by atoms with Crippen LogP contribution in [0.4, 0.5) is 5.82 Å². The molecule has 1 aromatic carbocycles. The van der Waals surface area contributed by atoms with Gasteiger partial charge in [-0.25, -0.2) is 9.97 Å². The Morgan fingerprint density at radius 2 is 2.18 bits per heavy atom. The highest BCUT2D eigenvalue weighted by atomic mass is 127. The number of hydrogen-bond acceptors (Lipinski definition) is 5. The predicted octanol–water partition coefficient (Wildman–Crippen LogP) is 2.04. The third-order valence-electron chi connectivity index (χ3n) is 2.21. The summed E-state index contributed by atoms with van der Waals surface area (Å²) in [5, 5.41) is 9.49. The number of ether oxygens (including phenoxy) is 1. The van der Waals surface area contributed by atoms with Crippen LogP contribution in [0.5, 0.6) is 11.5 Å². The average molecular weight is 343 g/mol. The van der Waals surface area contributed by atoms with Crippen LogP contribution in [0.3, 0.4) is 0 Å². The van der Waals surface area contributed by atoms with Gasteiger partial charge in [0.1, 0.15) is 5.82 Å².